The lowest BCUT2D eigenvalue weighted by Gasteiger charge is -2.37. The molecule has 0 radical (unpaired) electrons. The maximum absolute atomic E-state index is 13.5. The molecule has 1 aromatic heterocycles. The number of aromatic nitrogens is 2. The van der Waals surface area contributed by atoms with Gasteiger partial charge in [0, 0.05) is 16.2 Å². The van der Waals surface area contributed by atoms with Crippen LogP contribution in [0.25, 0.3) is 11.5 Å². The predicted octanol–water partition coefficient (Wildman–Crippen LogP) is 4.52. The molecule has 3 aromatic carbocycles. The van der Waals surface area contributed by atoms with Crippen molar-refractivity contribution >= 4 is 23.4 Å². The molecular formula is C24H18FN3O3S. The summed E-state index contributed by atoms with van der Waals surface area (Å²) >= 11 is 1.70. The Bertz CT molecular complexity index is 1320. The molecule has 2 heterocycles. The Kier molecular flexibility index (Phi) is 5.36. The van der Waals surface area contributed by atoms with Crippen molar-refractivity contribution in [2.24, 2.45) is 0 Å². The van der Waals surface area contributed by atoms with E-state index in [2.05, 4.69) is 5.10 Å². The monoisotopic (exact) mass is 447 g/mol. The van der Waals surface area contributed by atoms with E-state index in [0.717, 1.165) is 20.8 Å². The van der Waals surface area contributed by atoms with Crippen molar-refractivity contribution in [2.75, 3.05) is 10.7 Å². The van der Waals surface area contributed by atoms with Gasteiger partial charge in [-0.1, -0.05) is 42.5 Å². The summed E-state index contributed by atoms with van der Waals surface area (Å²) in [6.45, 7) is -0.272. The summed E-state index contributed by atoms with van der Waals surface area (Å²) in [5, 5.41) is 4.16. The second kappa shape index (κ2) is 8.47. The molecule has 160 valence electrons. The number of carbonyl (C=O) groups is 1. The molecule has 1 atom stereocenters. The van der Waals surface area contributed by atoms with E-state index in [0.29, 0.717) is 11.3 Å². The molecule has 6 nitrogen and oxygen atoms in total. The summed E-state index contributed by atoms with van der Waals surface area (Å²) in [5.74, 6) is -0.682. The van der Waals surface area contributed by atoms with E-state index < -0.39 is 11.6 Å². The zero-order chi connectivity index (χ0) is 22.1. The highest BCUT2D eigenvalue weighted by molar-refractivity contribution is 7.99. The van der Waals surface area contributed by atoms with Gasteiger partial charge in [0.05, 0.1) is 11.7 Å². The Morgan fingerprint density at radius 3 is 2.53 bits per heavy atom. The molecule has 32 heavy (non-hydrogen) atoms. The Morgan fingerprint density at radius 1 is 1.03 bits per heavy atom. The van der Waals surface area contributed by atoms with Gasteiger partial charge in [0.15, 0.2) is 0 Å². The number of amides is 1. The van der Waals surface area contributed by atoms with Crippen LogP contribution in [-0.4, -0.2) is 21.4 Å². The molecule has 1 aliphatic rings. The van der Waals surface area contributed by atoms with Crippen molar-refractivity contribution in [1.29, 1.82) is 0 Å². The number of carbonyl (C=O) groups excluding carboxylic acids is 1. The number of thioether (sulfide) groups is 1. The van der Waals surface area contributed by atoms with Crippen LogP contribution in [0.1, 0.15) is 11.6 Å². The first-order valence-electron chi connectivity index (χ1n) is 10.0. The lowest BCUT2D eigenvalue weighted by molar-refractivity contribution is -0.119. The van der Waals surface area contributed by atoms with Gasteiger partial charge in [-0.15, -0.1) is 16.9 Å². The topological polar surface area (TPSA) is 68.3 Å². The molecule has 0 saturated carbocycles. The highest BCUT2D eigenvalue weighted by Gasteiger charge is 2.33. The van der Waals surface area contributed by atoms with Crippen molar-refractivity contribution in [3.63, 3.8) is 0 Å². The van der Waals surface area contributed by atoms with Crippen LogP contribution in [0.3, 0.4) is 0 Å². The van der Waals surface area contributed by atoms with Gasteiger partial charge in [0.25, 0.3) is 0 Å². The van der Waals surface area contributed by atoms with Crippen LogP contribution >= 0.6 is 11.8 Å². The molecule has 0 aliphatic carbocycles. The Morgan fingerprint density at radius 2 is 1.75 bits per heavy atom. The molecule has 0 saturated heterocycles. The molecule has 1 amide bonds. The van der Waals surface area contributed by atoms with Crippen LogP contribution in [-0.2, 0) is 11.3 Å². The van der Waals surface area contributed by atoms with Gasteiger partial charge >= 0.3 is 5.76 Å². The van der Waals surface area contributed by atoms with Crippen molar-refractivity contribution in [3.8, 4) is 11.5 Å². The third kappa shape index (κ3) is 3.85. The number of nitrogens with zero attached hydrogens (tertiary/aromatic N) is 3. The molecular weight excluding hydrogens is 429 g/mol. The highest BCUT2D eigenvalue weighted by atomic mass is 32.2. The van der Waals surface area contributed by atoms with E-state index in [1.165, 1.54) is 24.3 Å². The van der Waals surface area contributed by atoms with E-state index in [1.807, 2.05) is 54.6 Å². The van der Waals surface area contributed by atoms with Crippen molar-refractivity contribution in [1.82, 2.24) is 9.78 Å². The number of para-hydroxylation sites is 1. The summed E-state index contributed by atoms with van der Waals surface area (Å²) in [6.07, 6.45) is 0. The summed E-state index contributed by atoms with van der Waals surface area (Å²) in [7, 11) is 0. The Hall–Kier alpha value is -3.65. The van der Waals surface area contributed by atoms with E-state index in [-0.39, 0.29) is 24.4 Å². The number of fused-ring (bicyclic) bond motifs is 1. The lowest BCUT2D eigenvalue weighted by Crippen LogP contribution is -2.41. The lowest BCUT2D eigenvalue weighted by atomic mass is 10.1. The van der Waals surface area contributed by atoms with Crippen molar-refractivity contribution in [2.45, 2.75) is 17.5 Å². The Balaban J connectivity index is 1.48. The van der Waals surface area contributed by atoms with Crippen molar-refractivity contribution in [3.05, 3.63) is 101 Å². The molecule has 0 spiro atoms. The number of halogens is 1. The van der Waals surface area contributed by atoms with Crippen LogP contribution in [0.5, 0.6) is 0 Å². The maximum Gasteiger partial charge on any atom is 0.437 e. The van der Waals surface area contributed by atoms with Gasteiger partial charge in [0.2, 0.25) is 11.8 Å². The van der Waals surface area contributed by atoms with Crippen LogP contribution in [0.2, 0.25) is 0 Å². The Labute approximate surface area is 187 Å². The van der Waals surface area contributed by atoms with Crippen LogP contribution in [0.15, 0.2) is 93.0 Å². The average Bonchev–Trinajstić information content (AvgIpc) is 3.19. The number of hydrogen-bond donors (Lipinski definition) is 0. The van der Waals surface area contributed by atoms with Crippen LogP contribution < -0.4 is 10.7 Å². The minimum Gasteiger partial charge on any atom is -0.388 e. The molecule has 0 unspecified atom stereocenters. The van der Waals surface area contributed by atoms with E-state index >= 15 is 0 Å². The number of anilines is 1. The number of benzene rings is 3. The SMILES string of the molecule is O=C(Cn1nc(-c2ccc(F)cc2)oc1=O)N1c2ccccc2SC[C@H]1c1ccccc1. The first kappa shape index (κ1) is 20.3. The van der Waals surface area contributed by atoms with Crippen LogP contribution in [0.4, 0.5) is 10.1 Å². The summed E-state index contributed by atoms with van der Waals surface area (Å²) in [6, 6.07) is 22.8. The van der Waals surface area contributed by atoms with Gasteiger partial charge in [-0.05, 0) is 42.0 Å². The van der Waals surface area contributed by atoms with E-state index in [9.17, 15) is 14.0 Å². The quantitative estimate of drug-likeness (QED) is 0.460. The zero-order valence-corrected chi connectivity index (χ0v) is 17.7. The number of rotatable bonds is 4. The van der Waals surface area contributed by atoms with Crippen molar-refractivity contribution < 1.29 is 13.6 Å². The third-order valence-corrected chi connectivity index (χ3v) is 6.41. The second-order valence-electron chi connectivity index (χ2n) is 7.31. The van der Waals surface area contributed by atoms with E-state index in [4.69, 9.17) is 4.42 Å². The summed E-state index contributed by atoms with van der Waals surface area (Å²) in [4.78, 5) is 28.6. The summed E-state index contributed by atoms with van der Waals surface area (Å²) in [5.41, 5.74) is 2.27. The van der Waals surface area contributed by atoms with Gasteiger partial charge in [-0.25, -0.2) is 9.18 Å². The standard InChI is InChI=1S/C24H18FN3O3S/c25-18-12-10-17(11-13-18)23-26-27(24(30)31-23)14-22(29)28-19-8-4-5-9-21(19)32-15-20(28)16-6-2-1-3-7-16/h1-13,20H,14-15H2/t20-/m0/s1. The second-order valence-corrected chi connectivity index (χ2v) is 8.37. The first-order chi connectivity index (χ1) is 15.6. The molecule has 0 N–H and O–H groups in total. The minimum absolute atomic E-state index is 0.0389. The first-order valence-corrected chi connectivity index (χ1v) is 11.0. The minimum atomic E-state index is -0.742. The molecule has 0 bridgehead atoms. The fourth-order valence-corrected chi connectivity index (χ4v) is 4.91. The fourth-order valence-electron chi connectivity index (χ4n) is 3.74. The average molecular weight is 447 g/mol. The zero-order valence-electron chi connectivity index (χ0n) is 16.8. The molecule has 0 fully saturated rings. The normalized spacial score (nSPS) is 15.4. The van der Waals surface area contributed by atoms with Gasteiger partial charge < -0.3 is 9.32 Å². The van der Waals surface area contributed by atoms with Gasteiger partial charge in [-0.2, -0.15) is 4.68 Å². The highest BCUT2D eigenvalue weighted by Crippen LogP contribution is 2.43. The third-order valence-electron chi connectivity index (χ3n) is 5.27. The summed E-state index contributed by atoms with van der Waals surface area (Å²) < 4.78 is 19.4. The fraction of sp³-hybridized carbons (Fsp3) is 0.125. The molecule has 4 aromatic rings. The largest absolute Gasteiger partial charge is 0.437 e. The van der Waals surface area contributed by atoms with Crippen LogP contribution in [0, 0.1) is 5.82 Å². The smallest absolute Gasteiger partial charge is 0.388 e. The molecule has 1 aliphatic heterocycles. The van der Waals surface area contributed by atoms with E-state index in [1.54, 1.807) is 16.7 Å². The maximum atomic E-state index is 13.5. The van der Waals surface area contributed by atoms with Gasteiger partial charge in [0.1, 0.15) is 12.4 Å². The predicted molar refractivity (Wildman–Crippen MR) is 120 cm³/mol. The number of hydrogen-bond acceptors (Lipinski definition) is 5. The van der Waals surface area contributed by atoms with Gasteiger partial charge in [-0.3, -0.25) is 4.79 Å². The molecule has 5 rings (SSSR count). The molecule has 8 heteroatoms.